The molecule has 2 fully saturated rings. The van der Waals surface area contributed by atoms with E-state index in [1.165, 1.54) is 16.5 Å². The number of carbonyl (C=O) groups excluding carboxylic acids is 2. The lowest BCUT2D eigenvalue weighted by Gasteiger charge is -2.37. The van der Waals surface area contributed by atoms with Gasteiger partial charge in [0.2, 0.25) is 21.8 Å². The van der Waals surface area contributed by atoms with Crippen molar-refractivity contribution < 1.29 is 18.0 Å². The summed E-state index contributed by atoms with van der Waals surface area (Å²) in [5, 5.41) is 2.13. The van der Waals surface area contributed by atoms with Crippen LogP contribution in [0.3, 0.4) is 0 Å². The topological polar surface area (TPSA) is 103 Å². The molecule has 3 aromatic rings. The zero-order chi connectivity index (χ0) is 26.7. The largest absolute Gasteiger partial charge is 0.339 e. The van der Waals surface area contributed by atoms with E-state index in [0.717, 1.165) is 30.4 Å². The minimum atomic E-state index is -3.93. The van der Waals surface area contributed by atoms with Crippen molar-refractivity contribution in [2.75, 3.05) is 39.3 Å². The number of sulfonamides is 1. The molecule has 1 unspecified atom stereocenters. The highest BCUT2D eigenvalue weighted by Crippen LogP contribution is 2.23. The number of pyridine rings is 1. The first kappa shape index (κ1) is 26.6. The van der Waals surface area contributed by atoms with Gasteiger partial charge in [0, 0.05) is 56.7 Å². The van der Waals surface area contributed by atoms with Crippen LogP contribution in [0.4, 0.5) is 0 Å². The molecule has 200 valence electrons. The fraction of sp³-hybridized carbons (Fsp3) is 0.370. The van der Waals surface area contributed by atoms with Crippen LogP contribution in [0.1, 0.15) is 18.4 Å². The van der Waals surface area contributed by atoms with E-state index in [2.05, 4.69) is 14.6 Å². The van der Waals surface area contributed by atoms with Gasteiger partial charge in [-0.05, 0) is 65.6 Å². The zero-order valence-electron chi connectivity index (χ0n) is 20.9. The lowest BCUT2D eigenvalue weighted by molar-refractivity contribution is -0.144. The van der Waals surface area contributed by atoms with Crippen LogP contribution < -0.4 is 4.72 Å². The Hall–Kier alpha value is -3.05. The van der Waals surface area contributed by atoms with Gasteiger partial charge in [-0.15, -0.1) is 0 Å². The minimum Gasteiger partial charge on any atom is -0.339 e. The molecule has 0 spiro atoms. The molecule has 9 nitrogen and oxygen atoms in total. The van der Waals surface area contributed by atoms with Gasteiger partial charge >= 0.3 is 0 Å². The van der Waals surface area contributed by atoms with Gasteiger partial charge in [-0.25, -0.2) is 8.42 Å². The van der Waals surface area contributed by atoms with E-state index in [9.17, 15) is 18.0 Å². The molecule has 0 aliphatic carbocycles. The molecule has 1 atom stereocenters. The third kappa shape index (κ3) is 6.15. The molecule has 1 aromatic heterocycles. The summed E-state index contributed by atoms with van der Waals surface area (Å²) in [6.45, 7) is 3.89. The van der Waals surface area contributed by atoms with Crippen molar-refractivity contribution in [2.45, 2.75) is 30.3 Å². The molecule has 0 saturated carbocycles. The number of carbonyl (C=O) groups is 2. The maximum atomic E-state index is 13.2. The summed E-state index contributed by atoms with van der Waals surface area (Å²) in [5.74, 6) is -0.476. The Balaban J connectivity index is 1.17. The van der Waals surface area contributed by atoms with Gasteiger partial charge < -0.3 is 9.80 Å². The first-order valence-electron chi connectivity index (χ1n) is 12.7. The van der Waals surface area contributed by atoms with Crippen molar-refractivity contribution in [3.05, 3.63) is 71.5 Å². The molecule has 38 heavy (non-hydrogen) atoms. The number of fused-ring (bicyclic) bond motifs is 1. The Morgan fingerprint density at radius 3 is 2.45 bits per heavy atom. The second-order valence-corrected chi connectivity index (χ2v) is 11.9. The van der Waals surface area contributed by atoms with Crippen LogP contribution >= 0.6 is 11.6 Å². The van der Waals surface area contributed by atoms with Crippen molar-refractivity contribution in [1.82, 2.24) is 24.4 Å². The maximum Gasteiger partial charge on any atom is 0.242 e. The predicted octanol–water partition coefficient (Wildman–Crippen LogP) is 2.50. The molecule has 3 heterocycles. The molecule has 2 aromatic carbocycles. The number of benzene rings is 2. The van der Waals surface area contributed by atoms with Gasteiger partial charge in [0.1, 0.15) is 6.04 Å². The fourth-order valence-electron chi connectivity index (χ4n) is 4.99. The van der Waals surface area contributed by atoms with Crippen molar-refractivity contribution >= 4 is 44.2 Å². The van der Waals surface area contributed by atoms with Crippen LogP contribution in [0.2, 0.25) is 5.02 Å². The third-order valence-corrected chi connectivity index (χ3v) is 8.82. The van der Waals surface area contributed by atoms with Crippen LogP contribution in [-0.4, -0.2) is 85.2 Å². The highest BCUT2D eigenvalue weighted by atomic mass is 35.5. The number of amides is 2. The number of aromatic nitrogens is 1. The summed E-state index contributed by atoms with van der Waals surface area (Å²) in [4.78, 5) is 35.8. The normalized spacial score (nSPS) is 19.2. The van der Waals surface area contributed by atoms with Crippen molar-refractivity contribution in [3.63, 3.8) is 0 Å². The van der Waals surface area contributed by atoms with Gasteiger partial charge in [0.05, 0.1) is 11.4 Å². The standard InChI is InChI=1S/C27H30ClN5O4S/c28-23-5-3-22-17-24(6-4-21(22)16-23)38(36,37)30-25-2-1-11-33(27(25)35)19-26(34)32-14-12-31(13-15-32)18-20-7-9-29-10-8-20/h3-10,16-17,25,30H,1-2,11-15,18-19H2. The van der Waals surface area contributed by atoms with E-state index >= 15 is 0 Å². The molecule has 0 radical (unpaired) electrons. The molecule has 2 amide bonds. The van der Waals surface area contributed by atoms with Gasteiger partial charge in [-0.3, -0.25) is 19.5 Å². The van der Waals surface area contributed by atoms with E-state index in [0.29, 0.717) is 37.5 Å². The van der Waals surface area contributed by atoms with Gasteiger partial charge in [0.15, 0.2) is 0 Å². The second kappa shape index (κ2) is 11.4. The zero-order valence-corrected chi connectivity index (χ0v) is 22.5. The molecule has 1 N–H and O–H groups in total. The van der Waals surface area contributed by atoms with Crippen LogP contribution in [0.15, 0.2) is 65.8 Å². The number of rotatable bonds is 7. The maximum absolute atomic E-state index is 13.2. The lowest BCUT2D eigenvalue weighted by Crippen LogP contribution is -2.56. The quantitative estimate of drug-likeness (QED) is 0.480. The predicted molar refractivity (Wildman–Crippen MR) is 145 cm³/mol. The van der Waals surface area contributed by atoms with Crippen molar-refractivity contribution in [1.29, 1.82) is 0 Å². The molecule has 11 heteroatoms. The van der Waals surface area contributed by atoms with E-state index in [-0.39, 0.29) is 23.3 Å². The van der Waals surface area contributed by atoms with Crippen LogP contribution in [0.25, 0.3) is 10.8 Å². The second-order valence-electron chi connectivity index (χ2n) is 9.74. The highest BCUT2D eigenvalue weighted by molar-refractivity contribution is 7.89. The van der Waals surface area contributed by atoms with E-state index in [4.69, 9.17) is 11.6 Å². The Morgan fingerprint density at radius 2 is 1.68 bits per heavy atom. The number of nitrogens with zero attached hydrogens (tertiary/aromatic N) is 4. The average Bonchev–Trinajstić information content (AvgIpc) is 2.91. The molecular weight excluding hydrogens is 526 g/mol. The van der Waals surface area contributed by atoms with E-state index < -0.39 is 16.1 Å². The number of halogens is 1. The number of nitrogens with one attached hydrogen (secondary N) is 1. The molecule has 2 saturated heterocycles. The Labute approximate surface area is 227 Å². The number of piperidine rings is 1. The molecule has 2 aliphatic rings. The van der Waals surface area contributed by atoms with E-state index in [1.54, 1.807) is 47.6 Å². The Bertz CT molecular complexity index is 1430. The molecule has 2 aliphatic heterocycles. The fourth-order valence-corrected chi connectivity index (χ4v) is 6.43. The first-order valence-corrected chi connectivity index (χ1v) is 14.5. The Kier molecular flexibility index (Phi) is 7.94. The van der Waals surface area contributed by atoms with Crippen LogP contribution in [0, 0.1) is 0 Å². The highest BCUT2D eigenvalue weighted by Gasteiger charge is 2.34. The van der Waals surface area contributed by atoms with Crippen molar-refractivity contribution in [2.24, 2.45) is 0 Å². The summed E-state index contributed by atoms with van der Waals surface area (Å²) in [6, 6.07) is 13.1. The summed E-state index contributed by atoms with van der Waals surface area (Å²) < 4.78 is 28.8. The summed E-state index contributed by atoms with van der Waals surface area (Å²) >= 11 is 6.02. The van der Waals surface area contributed by atoms with E-state index in [1.807, 2.05) is 12.1 Å². The molecule has 5 rings (SSSR count). The smallest absolute Gasteiger partial charge is 0.242 e. The first-order chi connectivity index (χ1) is 18.3. The third-order valence-electron chi connectivity index (χ3n) is 7.12. The summed E-state index contributed by atoms with van der Waals surface area (Å²) in [5.41, 5.74) is 1.18. The summed E-state index contributed by atoms with van der Waals surface area (Å²) in [6.07, 6.45) is 4.55. The number of likely N-dealkylation sites (tertiary alicyclic amines) is 1. The number of hydrogen-bond donors (Lipinski definition) is 1. The van der Waals surface area contributed by atoms with Gasteiger partial charge in [-0.1, -0.05) is 23.7 Å². The molecular formula is C27H30ClN5O4S. The summed E-state index contributed by atoms with van der Waals surface area (Å²) in [7, 11) is -3.93. The van der Waals surface area contributed by atoms with Gasteiger partial charge in [0.25, 0.3) is 0 Å². The minimum absolute atomic E-state index is 0.0435. The average molecular weight is 556 g/mol. The van der Waals surface area contributed by atoms with Crippen LogP contribution in [-0.2, 0) is 26.2 Å². The van der Waals surface area contributed by atoms with Gasteiger partial charge in [-0.2, -0.15) is 4.72 Å². The SMILES string of the molecule is O=C(CN1CCCC(NS(=O)(=O)c2ccc3cc(Cl)ccc3c2)C1=O)N1CCN(Cc2ccncc2)CC1. The molecule has 0 bridgehead atoms. The number of hydrogen-bond acceptors (Lipinski definition) is 6. The Morgan fingerprint density at radius 1 is 0.974 bits per heavy atom. The lowest BCUT2D eigenvalue weighted by atomic mass is 10.1. The monoisotopic (exact) mass is 555 g/mol. The van der Waals surface area contributed by atoms with Crippen molar-refractivity contribution in [3.8, 4) is 0 Å². The number of piperazine rings is 1. The van der Waals surface area contributed by atoms with Crippen LogP contribution in [0.5, 0.6) is 0 Å².